The second kappa shape index (κ2) is 5.23. The number of fused-ring (bicyclic) bond motifs is 1. The van der Waals surface area contributed by atoms with Crippen LogP contribution in [0.5, 0.6) is 0 Å². The molecule has 0 saturated heterocycles. The second-order valence-electron chi connectivity index (χ2n) is 5.84. The van der Waals surface area contributed by atoms with Gasteiger partial charge in [0.2, 0.25) is 0 Å². The smallest absolute Gasteiger partial charge is 0.0455 e. The van der Waals surface area contributed by atoms with Gasteiger partial charge < -0.3 is 10.3 Å². The Bertz CT molecular complexity index is 771. The minimum atomic E-state index is 0.588. The maximum Gasteiger partial charge on any atom is 0.0455 e. The molecule has 21 heavy (non-hydrogen) atoms. The summed E-state index contributed by atoms with van der Waals surface area (Å²) in [7, 11) is 0. The summed E-state index contributed by atoms with van der Waals surface area (Å²) in [6.07, 6.45) is 4.41. The normalized spacial score (nSPS) is 21.2. The Hall–Kier alpha value is -1.74. The fourth-order valence-electron chi connectivity index (χ4n) is 3.15. The summed E-state index contributed by atoms with van der Waals surface area (Å²) in [4.78, 5) is 3.23. The van der Waals surface area contributed by atoms with Crippen LogP contribution in [0, 0.1) is 0 Å². The van der Waals surface area contributed by atoms with Gasteiger partial charge >= 0.3 is 0 Å². The van der Waals surface area contributed by atoms with E-state index in [1.807, 2.05) is 6.20 Å². The van der Waals surface area contributed by atoms with Gasteiger partial charge in [0, 0.05) is 33.3 Å². The van der Waals surface area contributed by atoms with E-state index in [0.717, 1.165) is 0 Å². The lowest BCUT2D eigenvalue weighted by molar-refractivity contribution is 0.374. The van der Waals surface area contributed by atoms with E-state index in [1.54, 1.807) is 0 Å². The van der Waals surface area contributed by atoms with Gasteiger partial charge in [0.1, 0.15) is 0 Å². The van der Waals surface area contributed by atoms with Crippen molar-refractivity contribution in [3.63, 3.8) is 0 Å². The van der Waals surface area contributed by atoms with Crippen LogP contribution < -0.4 is 5.32 Å². The number of nitrogens with one attached hydrogen (secondary N) is 2. The van der Waals surface area contributed by atoms with Gasteiger partial charge in [-0.1, -0.05) is 28.1 Å². The third-order valence-corrected chi connectivity index (χ3v) is 4.88. The van der Waals surface area contributed by atoms with Crippen molar-refractivity contribution in [1.29, 1.82) is 0 Å². The Kier molecular flexibility index (Phi) is 3.23. The Labute approximate surface area is 132 Å². The number of anilines is 1. The molecule has 3 aromatic rings. The molecule has 0 radical (unpaired) electrons. The zero-order valence-electron chi connectivity index (χ0n) is 11.6. The molecule has 1 saturated carbocycles. The van der Waals surface area contributed by atoms with Crippen molar-refractivity contribution in [2.75, 3.05) is 5.32 Å². The van der Waals surface area contributed by atoms with Crippen LogP contribution in [0.15, 0.2) is 59.2 Å². The van der Waals surface area contributed by atoms with Crippen LogP contribution in [-0.2, 0) is 0 Å². The zero-order valence-corrected chi connectivity index (χ0v) is 13.2. The number of hydrogen-bond acceptors (Lipinski definition) is 1. The summed E-state index contributed by atoms with van der Waals surface area (Å²) >= 11 is 3.55. The van der Waals surface area contributed by atoms with E-state index in [9.17, 15) is 0 Å². The van der Waals surface area contributed by atoms with Crippen LogP contribution in [0.1, 0.15) is 24.3 Å². The van der Waals surface area contributed by atoms with Crippen molar-refractivity contribution in [2.24, 2.45) is 0 Å². The average molecular weight is 341 g/mol. The Balaban J connectivity index is 1.41. The molecule has 1 aliphatic carbocycles. The van der Waals surface area contributed by atoms with Crippen LogP contribution in [0.4, 0.5) is 5.69 Å². The fourth-order valence-corrected chi connectivity index (χ4v) is 3.56. The van der Waals surface area contributed by atoms with Gasteiger partial charge in [0.05, 0.1) is 0 Å². The predicted octanol–water partition coefficient (Wildman–Crippen LogP) is 5.29. The van der Waals surface area contributed by atoms with E-state index in [1.165, 1.54) is 39.5 Å². The van der Waals surface area contributed by atoms with E-state index in [0.29, 0.717) is 12.0 Å². The summed E-state index contributed by atoms with van der Waals surface area (Å²) in [6.45, 7) is 0. The lowest BCUT2D eigenvalue weighted by Gasteiger charge is -2.37. The standard InChI is InChI=1S/C18H17BrN2/c19-15-3-1-2-12(8-15)14-10-17(11-14)21-16-4-5-18-13(9-16)6-7-20-18/h1-9,14,17,20-21H,10-11H2. The molecule has 1 fully saturated rings. The highest BCUT2D eigenvalue weighted by Gasteiger charge is 2.30. The Morgan fingerprint density at radius 1 is 1.05 bits per heavy atom. The van der Waals surface area contributed by atoms with Gasteiger partial charge in [-0.25, -0.2) is 0 Å². The van der Waals surface area contributed by atoms with E-state index >= 15 is 0 Å². The summed E-state index contributed by atoms with van der Waals surface area (Å²) in [5.74, 6) is 0.691. The first-order valence-corrected chi connectivity index (χ1v) is 8.16. The summed E-state index contributed by atoms with van der Waals surface area (Å²) < 4.78 is 1.18. The Morgan fingerprint density at radius 3 is 2.81 bits per heavy atom. The van der Waals surface area contributed by atoms with Crippen LogP contribution in [0.3, 0.4) is 0 Å². The van der Waals surface area contributed by atoms with E-state index in [2.05, 4.69) is 74.8 Å². The van der Waals surface area contributed by atoms with Crippen molar-refractivity contribution >= 4 is 32.5 Å². The number of rotatable bonds is 3. The maximum atomic E-state index is 3.65. The number of hydrogen-bond donors (Lipinski definition) is 2. The molecule has 0 bridgehead atoms. The number of benzene rings is 2. The van der Waals surface area contributed by atoms with E-state index in [4.69, 9.17) is 0 Å². The molecule has 106 valence electrons. The Morgan fingerprint density at radius 2 is 1.95 bits per heavy atom. The second-order valence-corrected chi connectivity index (χ2v) is 6.76. The van der Waals surface area contributed by atoms with Crippen LogP contribution >= 0.6 is 15.9 Å². The lowest BCUT2D eigenvalue weighted by Crippen LogP contribution is -2.33. The molecule has 2 N–H and O–H groups in total. The monoisotopic (exact) mass is 340 g/mol. The van der Waals surface area contributed by atoms with Gasteiger partial charge in [-0.15, -0.1) is 0 Å². The topological polar surface area (TPSA) is 27.8 Å². The van der Waals surface area contributed by atoms with Crippen molar-refractivity contribution < 1.29 is 0 Å². The number of aromatic amines is 1. The first-order valence-electron chi connectivity index (χ1n) is 7.37. The van der Waals surface area contributed by atoms with Gasteiger partial charge in [-0.2, -0.15) is 0 Å². The molecule has 1 heterocycles. The van der Waals surface area contributed by atoms with E-state index < -0.39 is 0 Å². The zero-order chi connectivity index (χ0) is 14.2. The molecule has 0 unspecified atom stereocenters. The fraction of sp³-hybridized carbons (Fsp3) is 0.222. The molecule has 2 nitrogen and oxygen atoms in total. The molecule has 0 atom stereocenters. The molecule has 1 aromatic heterocycles. The first kappa shape index (κ1) is 13.0. The van der Waals surface area contributed by atoms with Crippen LogP contribution in [0.25, 0.3) is 10.9 Å². The van der Waals surface area contributed by atoms with Crippen molar-refractivity contribution in [3.8, 4) is 0 Å². The quantitative estimate of drug-likeness (QED) is 0.666. The van der Waals surface area contributed by atoms with Crippen LogP contribution in [0.2, 0.25) is 0 Å². The maximum absolute atomic E-state index is 3.65. The van der Waals surface area contributed by atoms with Gasteiger partial charge in [-0.3, -0.25) is 0 Å². The van der Waals surface area contributed by atoms with Gasteiger partial charge in [-0.05, 0) is 60.7 Å². The highest BCUT2D eigenvalue weighted by atomic mass is 79.9. The summed E-state index contributed by atoms with van der Waals surface area (Å²) in [6, 6.07) is 17.9. The van der Waals surface area contributed by atoms with Crippen molar-refractivity contribution in [2.45, 2.75) is 24.8 Å². The molecule has 3 heteroatoms. The van der Waals surface area contributed by atoms with Gasteiger partial charge in [0.15, 0.2) is 0 Å². The minimum absolute atomic E-state index is 0.588. The minimum Gasteiger partial charge on any atom is -0.382 e. The number of halogens is 1. The third-order valence-electron chi connectivity index (χ3n) is 4.38. The number of H-pyrrole nitrogens is 1. The van der Waals surface area contributed by atoms with Crippen LogP contribution in [-0.4, -0.2) is 11.0 Å². The molecular weight excluding hydrogens is 324 g/mol. The summed E-state index contributed by atoms with van der Waals surface area (Å²) in [5.41, 5.74) is 3.87. The van der Waals surface area contributed by atoms with E-state index in [-0.39, 0.29) is 0 Å². The van der Waals surface area contributed by atoms with Crippen molar-refractivity contribution in [3.05, 3.63) is 64.8 Å². The summed E-state index contributed by atoms with van der Waals surface area (Å²) in [5, 5.41) is 4.92. The molecule has 4 rings (SSSR count). The molecule has 1 aliphatic rings. The van der Waals surface area contributed by atoms with Gasteiger partial charge in [0.25, 0.3) is 0 Å². The molecular formula is C18H17BrN2. The molecule has 0 spiro atoms. The highest BCUT2D eigenvalue weighted by molar-refractivity contribution is 9.10. The number of aromatic nitrogens is 1. The molecule has 2 aromatic carbocycles. The lowest BCUT2D eigenvalue weighted by atomic mass is 9.76. The predicted molar refractivity (Wildman–Crippen MR) is 91.8 cm³/mol. The largest absolute Gasteiger partial charge is 0.382 e. The molecule has 0 aliphatic heterocycles. The SMILES string of the molecule is Brc1cccc(C2CC(Nc3ccc4[nH]ccc4c3)C2)c1. The first-order chi connectivity index (χ1) is 10.3. The third kappa shape index (κ3) is 2.58. The van der Waals surface area contributed by atoms with Crippen molar-refractivity contribution in [1.82, 2.24) is 4.98 Å². The average Bonchev–Trinajstić information content (AvgIpc) is 2.89. The highest BCUT2D eigenvalue weighted by Crippen LogP contribution is 2.39. The molecule has 0 amide bonds.